The number of nitrogens with one attached hydrogen (secondary N) is 2. The van der Waals surface area contributed by atoms with Crippen molar-refractivity contribution in [2.45, 2.75) is 20.8 Å². The molecule has 0 saturated carbocycles. The number of hydrogen-bond acceptors (Lipinski definition) is 4. The summed E-state index contributed by atoms with van der Waals surface area (Å²) in [6.07, 6.45) is 0. The van der Waals surface area contributed by atoms with E-state index in [0.717, 1.165) is 0 Å². The quantitative estimate of drug-likeness (QED) is 0.905. The van der Waals surface area contributed by atoms with Crippen LogP contribution in [0.4, 0.5) is 11.5 Å². The average Bonchev–Trinajstić information content (AvgIpc) is 2.84. The van der Waals surface area contributed by atoms with Crippen LogP contribution in [0.15, 0.2) is 34.9 Å². The van der Waals surface area contributed by atoms with Crippen LogP contribution < -0.4 is 10.6 Å². The predicted octanol–water partition coefficient (Wildman–Crippen LogP) is 2.83. The van der Waals surface area contributed by atoms with Gasteiger partial charge in [-0.2, -0.15) is 0 Å². The summed E-state index contributed by atoms with van der Waals surface area (Å²) in [5.41, 5.74) is 1.01. The van der Waals surface area contributed by atoms with Crippen molar-refractivity contribution in [3.63, 3.8) is 0 Å². The Morgan fingerprint density at radius 1 is 1.19 bits per heavy atom. The highest BCUT2D eigenvalue weighted by Crippen LogP contribution is 2.14. The monoisotopic (exact) mass is 287 g/mol. The van der Waals surface area contributed by atoms with Crippen molar-refractivity contribution in [3.8, 4) is 0 Å². The summed E-state index contributed by atoms with van der Waals surface area (Å²) >= 11 is 0. The van der Waals surface area contributed by atoms with E-state index in [0.29, 0.717) is 22.8 Å². The minimum absolute atomic E-state index is 0.0975. The van der Waals surface area contributed by atoms with Gasteiger partial charge in [-0.3, -0.25) is 9.59 Å². The predicted molar refractivity (Wildman–Crippen MR) is 79.1 cm³/mol. The lowest BCUT2D eigenvalue weighted by Gasteiger charge is -2.09. The Hall–Kier alpha value is -2.63. The average molecular weight is 287 g/mol. The van der Waals surface area contributed by atoms with Gasteiger partial charge in [0.1, 0.15) is 5.76 Å². The lowest BCUT2D eigenvalue weighted by molar-refractivity contribution is -0.118. The highest BCUT2D eigenvalue weighted by atomic mass is 16.5. The van der Waals surface area contributed by atoms with E-state index >= 15 is 0 Å². The molecule has 1 aromatic carbocycles. The van der Waals surface area contributed by atoms with Gasteiger partial charge in [-0.15, -0.1) is 0 Å². The maximum Gasteiger partial charge on any atom is 0.256 e. The molecule has 0 saturated heterocycles. The second kappa shape index (κ2) is 6.21. The van der Waals surface area contributed by atoms with Crippen molar-refractivity contribution in [1.82, 2.24) is 5.16 Å². The van der Waals surface area contributed by atoms with Crippen molar-refractivity contribution in [2.75, 3.05) is 10.6 Å². The van der Waals surface area contributed by atoms with Crippen LogP contribution in [-0.4, -0.2) is 17.0 Å². The first-order chi connectivity index (χ1) is 9.95. The first kappa shape index (κ1) is 14.8. The fraction of sp³-hybridized carbons (Fsp3) is 0.267. The van der Waals surface area contributed by atoms with Crippen LogP contribution in [0.2, 0.25) is 0 Å². The maximum absolute atomic E-state index is 12.1. The molecular weight excluding hydrogens is 270 g/mol. The van der Waals surface area contributed by atoms with Crippen LogP contribution in [-0.2, 0) is 4.79 Å². The van der Waals surface area contributed by atoms with Crippen LogP contribution in [0.25, 0.3) is 0 Å². The summed E-state index contributed by atoms with van der Waals surface area (Å²) in [5, 5.41) is 9.08. The third-order valence-corrected chi connectivity index (χ3v) is 2.79. The number of amides is 2. The summed E-state index contributed by atoms with van der Waals surface area (Å²) < 4.78 is 4.88. The molecule has 0 unspecified atom stereocenters. The maximum atomic E-state index is 12.1. The molecule has 0 spiro atoms. The van der Waals surface area contributed by atoms with Gasteiger partial charge in [-0.25, -0.2) is 0 Å². The van der Waals surface area contributed by atoms with Crippen LogP contribution in [0.1, 0.15) is 30.0 Å². The molecule has 2 N–H and O–H groups in total. The van der Waals surface area contributed by atoms with Gasteiger partial charge in [-0.1, -0.05) is 25.1 Å². The van der Waals surface area contributed by atoms with Gasteiger partial charge < -0.3 is 15.2 Å². The summed E-state index contributed by atoms with van der Waals surface area (Å²) in [4.78, 5) is 23.7. The summed E-state index contributed by atoms with van der Waals surface area (Å²) in [6.45, 7) is 5.35. The largest absolute Gasteiger partial charge is 0.360 e. The normalized spacial score (nSPS) is 10.5. The van der Waals surface area contributed by atoms with Crippen molar-refractivity contribution < 1.29 is 14.1 Å². The number of nitrogens with zero attached hydrogens (tertiary/aromatic N) is 1. The van der Waals surface area contributed by atoms with Gasteiger partial charge >= 0.3 is 0 Å². The Morgan fingerprint density at radius 3 is 2.57 bits per heavy atom. The molecule has 1 aromatic heterocycles. The molecule has 21 heavy (non-hydrogen) atoms. The minimum Gasteiger partial charge on any atom is -0.360 e. The number of aryl methyl sites for hydroxylation is 1. The number of rotatable bonds is 4. The zero-order chi connectivity index (χ0) is 15.4. The minimum atomic E-state index is -0.316. The summed E-state index contributed by atoms with van der Waals surface area (Å²) in [5.74, 6) is 0.432. The molecule has 2 amide bonds. The summed E-state index contributed by atoms with van der Waals surface area (Å²) in [7, 11) is 0. The molecule has 0 fully saturated rings. The molecule has 1 heterocycles. The first-order valence-electron chi connectivity index (χ1n) is 6.61. The SMILES string of the molecule is Cc1cc(NC(=O)c2cccc(NC(=O)C(C)C)c2)no1. The second-order valence-electron chi connectivity index (χ2n) is 5.00. The van der Waals surface area contributed by atoms with Crippen LogP contribution in [0, 0.1) is 12.8 Å². The van der Waals surface area contributed by atoms with E-state index < -0.39 is 0 Å². The molecule has 0 bridgehead atoms. The Balaban J connectivity index is 2.09. The molecule has 2 rings (SSSR count). The molecule has 6 heteroatoms. The molecule has 0 atom stereocenters. The van der Waals surface area contributed by atoms with Gasteiger partial charge in [0.2, 0.25) is 5.91 Å². The third kappa shape index (κ3) is 3.92. The van der Waals surface area contributed by atoms with E-state index in [9.17, 15) is 9.59 Å². The van der Waals surface area contributed by atoms with Gasteiger partial charge in [-0.05, 0) is 25.1 Å². The van der Waals surface area contributed by atoms with Crippen molar-refractivity contribution in [1.29, 1.82) is 0 Å². The Bertz CT molecular complexity index is 662. The number of carbonyl (C=O) groups is 2. The van der Waals surface area contributed by atoms with Crippen molar-refractivity contribution >= 4 is 23.3 Å². The second-order valence-corrected chi connectivity index (χ2v) is 5.00. The van der Waals surface area contributed by atoms with Gasteiger partial charge in [0.15, 0.2) is 5.82 Å². The lowest BCUT2D eigenvalue weighted by atomic mass is 10.1. The van der Waals surface area contributed by atoms with E-state index in [-0.39, 0.29) is 17.7 Å². The Morgan fingerprint density at radius 2 is 1.95 bits per heavy atom. The molecule has 0 aliphatic carbocycles. The number of carbonyl (C=O) groups excluding carboxylic acids is 2. The molecule has 110 valence electrons. The lowest BCUT2D eigenvalue weighted by Crippen LogP contribution is -2.18. The van der Waals surface area contributed by atoms with E-state index in [1.165, 1.54) is 0 Å². The summed E-state index contributed by atoms with van der Waals surface area (Å²) in [6, 6.07) is 8.34. The Kier molecular flexibility index (Phi) is 4.37. The molecule has 6 nitrogen and oxygen atoms in total. The highest BCUT2D eigenvalue weighted by molar-refractivity contribution is 6.04. The topological polar surface area (TPSA) is 84.2 Å². The van der Waals surface area contributed by atoms with E-state index in [1.54, 1.807) is 51.1 Å². The molecule has 0 radical (unpaired) electrons. The molecule has 0 aliphatic heterocycles. The van der Waals surface area contributed by atoms with E-state index in [1.807, 2.05) is 0 Å². The molecular formula is C15H17N3O3. The number of hydrogen-bond donors (Lipinski definition) is 2. The standard InChI is InChI=1S/C15H17N3O3/c1-9(2)14(19)16-12-6-4-5-11(8-12)15(20)17-13-7-10(3)21-18-13/h4-9H,1-3H3,(H,16,19)(H,17,18,20). The van der Waals surface area contributed by atoms with Crippen molar-refractivity contribution in [2.24, 2.45) is 5.92 Å². The third-order valence-electron chi connectivity index (χ3n) is 2.79. The number of benzene rings is 1. The van der Waals surface area contributed by atoms with Gasteiger partial charge in [0.25, 0.3) is 5.91 Å². The van der Waals surface area contributed by atoms with Gasteiger partial charge in [0.05, 0.1) is 0 Å². The molecule has 2 aromatic rings. The molecule has 0 aliphatic rings. The zero-order valence-corrected chi connectivity index (χ0v) is 12.1. The number of anilines is 2. The highest BCUT2D eigenvalue weighted by Gasteiger charge is 2.11. The van der Waals surface area contributed by atoms with Crippen LogP contribution in [0.5, 0.6) is 0 Å². The van der Waals surface area contributed by atoms with Crippen LogP contribution >= 0.6 is 0 Å². The smallest absolute Gasteiger partial charge is 0.256 e. The van der Waals surface area contributed by atoms with Crippen molar-refractivity contribution in [3.05, 3.63) is 41.7 Å². The fourth-order valence-corrected chi connectivity index (χ4v) is 1.64. The fourth-order valence-electron chi connectivity index (χ4n) is 1.64. The van der Waals surface area contributed by atoms with Crippen LogP contribution in [0.3, 0.4) is 0 Å². The van der Waals surface area contributed by atoms with Gasteiger partial charge in [0, 0.05) is 23.2 Å². The van der Waals surface area contributed by atoms with E-state index in [4.69, 9.17) is 4.52 Å². The Labute approximate surface area is 122 Å². The first-order valence-corrected chi connectivity index (χ1v) is 6.61. The van der Waals surface area contributed by atoms with E-state index in [2.05, 4.69) is 15.8 Å². The number of aromatic nitrogens is 1. The zero-order valence-electron chi connectivity index (χ0n) is 12.1.